The van der Waals surface area contributed by atoms with Crippen LogP contribution < -0.4 is 16.4 Å². The van der Waals surface area contributed by atoms with Gasteiger partial charge >= 0.3 is 6.03 Å². The highest BCUT2D eigenvalue weighted by atomic mass is 16.5. The van der Waals surface area contributed by atoms with Crippen LogP contribution in [-0.4, -0.2) is 32.7 Å². The number of amides is 2. The van der Waals surface area contributed by atoms with Crippen LogP contribution in [0.5, 0.6) is 0 Å². The van der Waals surface area contributed by atoms with Gasteiger partial charge in [0.25, 0.3) is 0 Å². The van der Waals surface area contributed by atoms with Gasteiger partial charge in [0.2, 0.25) is 0 Å². The van der Waals surface area contributed by atoms with Gasteiger partial charge in [-0.05, 0) is 35.7 Å². The van der Waals surface area contributed by atoms with E-state index in [-0.39, 0.29) is 6.03 Å². The number of hydrogen-bond donors (Lipinski definition) is 3. The van der Waals surface area contributed by atoms with Crippen molar-refractivity contribution in [2.24, 2.45) is 12.8 Å². The lowest BCUT2D eigenvalue weighted by Gasteiger charge is -2.13. The Bertz CT molecular complexity index is 1280. The van der Waals surface area contributed by atoms with Crippen LogP contribution in [0, 0.1) is 6.92 Å². The number of hydrogen-bond acceptors (Lipinski definition) is 5. The number of benzene rings is 2. The highest BCUT2D eigenvalue weighted by molar-refractivity contribution is 5.90. The Labute approximate surface area is 198 Å². The van der Waals surface area contributed by atoms with E-state index in [0.29, 0.717) is 25.5 Å². The number of nitrogens with two attached hydrogens (primary N) is 1. The molecule has 0 saturated heterocycles. The smallest absolute Gasteiger partial charge is 0.320 e. The van der Waals surface area contributed by atoms with Gasteiger partial charge < -0.3 is 15.8 Å². The van der Waals surface area contributed by atoms with E-state index in [2.05, 4.69) is 15.7 Å². The summed E-state index contributed by atoms with van der Waals surface area (Å²) in [5.74, 6) is 0.592. The van der Waals surface area contributed by atoms with Crippen LogP contribution in [-0.2, 0) is 31.5 Å². The van der Waals surface area contributed by atoms with Gasteiger partial charge in [-0.1, -0.05) is 36.4 Å². The number of nitrogens with zero attached hydrogens (tertiary/aromatic N) is 4. The van der Waals surface area contributed by atoms with E-state index in [1.54, 1.807) is 22.7 Å². The summed E-state index contributed by atoms with van der Waals surface area (Å²) >= 11 is 0. The second kappa shape index (κ2) is 10.3. The van der Waals surface area contributed by atoms with E-state index >= 15 is 0 Å². The fourth-order valence-corrected chi connectivity index (χ4v) is 3.84. The SMILES string of the molecule is COCc1ccc(CN)c(CNC(=O)Nc2c(C)c(-c3cnn(C)c3)nn2-c2ccccc2)c1. The average molecular weight is 460 g/mol. The molecule has 0 bridgehead atoms. The number of methoxy groups -OCH3 is 1. The van der Waals surface area contributed by atoms with Gasteiger partial charge in [-0.25, -0.2) is 9.48 Å². The molecule has 0 spiro atoms. The molecule has 34 heavy (non-hydrogen) atoms. The summed E-state index contributed by atoms with van der Waals surface area (Å²) in [6, 6.07) is 15.3. The number of carbonyl (C=O) groups excluding carboxylic acids is 1. The van der Waals surface area contributed by atoms with Crippen LogP contribution >= 0.6 is 0 Å². The zero-order valence-corrected chi connectivity index (χ0v) is 19.6. The lowest BCUT2D eigenvalue weighted by molar-refractivity contribution is 0.185. The number of para-hydroxylation sites is 1. The van der Waals surface area contributed by atoms with Gasteiger partial charge in [-0.3, -0.25) is 10.00 Å². The Morgan fingerprint density at radius 2 is 1.94 bits per heavy atom. The minimum atomic E-state index is -0.335. The van der Waals surface area contributed by atoms with Crippen LogP contribution in [0.1, 0.15) is 22.3 Å². The summed E-state index contributed by atoms with van der Waals surface area (Å²) in [7, 11) is 3.51. The molecule has 2 amide bonds. The molecule has 176 valence electrons. The largest absolute Gasteiger partial charge is 0.380 e. The number of ether oxygens (including phenoxy) is 1. The van der Waals surface area contributed by atoms with Gasteiger partial charge in [0.05, 0.1) is 18.5 Å². The third-order valence-electron chi connectivity index (χ3n) is 5.57. The predicted molar refractivity (Wildman–Crippen MR) is 131 cm³/mol. The number of aromatic nitrogens is 4. The van der Waals surface area contributed by atoms with Gasteiger partial charge in [0, 0.05) is 44.6 Å². The zero-order chi connectivity index (χ0) is 24.1. The molecular formula is C25H29N7O2. The van der Waals surface area contributed by atoms with Crippen molar-refractivity contribution in [1.82, 2.24) is 24.9 Å². The van der Waals surface area contributed by atoms with Gasteiger partial charge in [0.15, 0.2) is 0 Å². The van der Waals surface area contributed by atoms with E-state index in [1.165, 1.54) is 0 Å². The quantitative estimate of drug-likeness (QED) is 0.373. The first-order valence-electron chi connectivity index (χ1n) is 11.0. The van der Waals surface area contributed by atoms with E-state index < -0.39 is 0 Å². The Hall–Kier alpha value is -3.95. The van der Waals surface area contributed by atoms with Gasteiger partial charge in [0.1, 0.15) is 11.5 Å². The maximum atomic E-state index is 12.9. The molecule has 0 radical (unpaired) electrons. The van der Waals surface area contributed by atoms with Crippen LogP contribution in [0.25, 0.3) is 16.9 Å². The van der Waals surface area contributed by atoms with Crippen molar-refractivity contribution >= 4 is 11.8 Å². The number of anilines is 1. The van der Waals surface area contributed by atoms with Crippen molar-refractivity contribution in [3.8, 4) is 16.9 Å². The molecule has 2 aromatic carbocycles. The number of nitrogens with one attached hydrogen (secondary N) is 2. The fraction of sp³-hybridized carbons (Fsp3) is 0.240. The molecule has 0 saturated carbocycles. The highest BCUT2D eigenvalue weighted by Crippen LogP contribution is 2.30. The molecular weight excluding hydrogens is 430 g/mol. The number of carbonyl (C=O) groups is 1. The number of urea groups is 1. The normalized spacial score (nSPS) is 10.9. The van der Waals surface area contributed by atoms with Gasteiger partial charge in [-0.15, -0.1) is 0 Å². The molecule has 2 aromatic heterocycles. The zero-order valence-electron chi connectivity index (χ0n) is 19.6. The predicted octanol–water partition coefficient (Wildman–Crippen LogP) is 3.51. The van der Waals surface area contributed by atoms with E-state index in [4.69, 9.17) is 15.6 Å². The molecule has 4 rings (SSSR count). The van der Waals surface area contributed by atoms with Crippen LogP contribution in [0.4, 0.5) is 10.6 Å². The first-order valence-corrected chi connectivity index (χ1v) is 11.0. The summed E-state index contributed by atoms with van der Waals surface area (Å²) in [5, 5.41) is 15.0. The maximum absolute atomic E-state index is 12.9. The van der Waals surface area contributed by atoms with Crippen LogP contribution in [0.3, 0.4) is 0 Å². The lowest BCUT2D eigenvalue weighted by Crippen LogP contribution is -2.30. The first kappa shape index (κ1) is 23.2. The van der Waals surface area contributed by atoms with Crippen LogP contribution in [0.15, 0.2) is 60.9 Å². The standard InChI is InChI=1S/C25H29N7O2/c1-17-23(21-14-28-31(2)15-21)30-32(22-7-5-4-6-8-22)24(17)29-25(33)27-13-20-11-18(16-34-3)9-10-19(20)12-26/h4-11,14-15H,12-13,16,26H2,1-3H3,(H2,27,29,33). The second-order valence-electron chi connectivity index (χ2n) is 8.02. The summed E-state index contributed by atoms with van der Waals surface area (Å²) in [6.45, 7) is 3.16. The Balaban J connectivity index is 1.59. The van der Waals surface area contributed by atoms with Crippen molar-refractivity contribution in [3.05, 3.63) is 83.2 Å². The Morgan fingerprint density at radius 3 is 2.62 bits per heavy atom. The molecule has 4 aromatic rings. The van der Waals surface area contributed by atoms with Crippen molar-refractivity contribution in [1.29, 1.82) is 0 Å². The molecule has 9 heteroatoms. The molecule has 2 heterocycles. The topological polar surface area (TPSA) is 112 Å². The van der Waals surface area contributed by atoms with Crippen molar-refractivity contribution in [2.75, 3.05) is 12.4 Å². The lowest BCUT2D eigenvalue weighted by atomic mass is 10.0. The summed E-state index contributed by atoms with van der Waals surface area (Å²) in [6.07, 6.45) is 3.66. The molecule has 0 unspecified atom stereocenters. The molecule has 0 atom stereocenters. The third-order valence-corrected chi connectivity index (χ3v) is 5.57. The minimum absolute atomic E-state index is 0.335. The number of rotatable bonds is 8. The van der Waals surface area contributed by atoms with Crippen LogP contribution in [0.2, 0.25) is 0 Å². The summed E-state index contributed by atoms with van der Waals surface area (Å²) in [4.78, 5) is 12.9. The molecule has 0 aliphatic heterocycles. The van der Waals surface area contributed by atoms with E-state index in [9.17, 15) is 4.79 Å². The fourth-order valence-electron chi connectivity index (χ4n) is 3.84. The Morgan fingerprint density at radius 1 is 1.15 bits per heavy atom. The van der Waals surface area contributed by atoms with Crippen molar-refractivity contribution in [3.63, 3.8) is 0 Å². The monoisotopic (exact) mass is 459 g/mol. The average Bonchev–Trinajstić information content (AvgIpc) is 3.41. The minimum Gasteiger partial charge on any atom is -0.380 e. The third kappa shape index (κ3) is 5.00. The molecule has 0 aliphatic rings. The summed E-state index contributed by atoms with van der Waals surface area (Å²) < 4.78 is 8.69. The summed E-state index contributed by atoms with van der Waals surface area (Å²) in [5.41, 5.74) is 12.2. The van der Waals surface area contributed by atoms with E-state index in [1.807, 2.05) is 68.7 Å². The molecule has 0 fully saturated rings. The highest BCUT2D eigenvalue weighted by Gasteiger charge is 2.20. The Kier molecular flexibility index (Phi) is 7.05. The van der Waals surface area contributed by atoms with Crippen molar-refractivity contribution < 1.29 is 9.53 Å². The second-order valence-corrected chi connectivity index (χ2v) is 8.02. The van der Waals surface area contributed by atoms with E-state index in [0.717, 1.165) is 39.2 Å². The number of aryl methyl sites for hydroxylation is 1. The molecule has 0 aliphatic carbocycles. The maximum Gasteiger partial charge on any atom is 0.320 e. The first-order chi connectivity index (χ1) is 16.5. The molecule has 4 N–H and O–H groups in total. The van der Waals surface area contributed by atoms with Gasteiger partial charge in [-0.2, -0.15) is 10.2 Å². The molecule has 9 nitrogen and oxygen atoms in total. The van der Waals surface area contributed by atoms with Crippen molar-refractivity contribution in [2.45, 2.75) is 26.6 Å².